The molecule has 0 unspecified atom stereocenters. The van der Waals surface area contributed by atoms with Crippen LogP contribution in [0.4, 0.5) is 19.0 Å². The maximum Gasteiger partial charge on any atom is 0.411 e. The van der Waals surface area contributed by atoms with Crippen molar-refractivity contribution >= 4 is 5.82 Å². The first-order valence-electron chi connectivity index (χ1n) is 5.10. The van der Waals surface area contributed by atoms with Crippen LogP contribution in [0.2, 0.25) is 0 Å². The summed E-state index contributed by atoms with van der Waals surface area (Å²) in [5.74, 6) is 0.451. The smallest absolute Gasteiger partial charge is 0.411 e. The maximum absolute atomic E-state index is 12.8. The monoisotopic (exact) mass is 247 g/mol. The van der Waals surface area contributed by atoms with Gasteiger partial charge in [0.2, 0.25) is 5.88 Å². The van der Waals surface area contributed by atoms with Crippen LogP contribution in [-0.2, 0) is 0 Å². The van der Waals surface area contributed by atoms with Crippen LogP contribution >= 0.6 is 0 Å². The Morgan fingerprint density at radius 2 is 2.00 bits per heavy atom. The molecule has 0 amide bonds. The first kappa shape index (κ1) is 11.9. The highest BCUT2D eigenvalue weighted by molar-refractivity contribution is 5.51. The molecule has 1 aliphatic rings. The van der Waals surface area contributed by atoms with Crippen LogP contribution in [0.25, 0.3) is 0 Å². The van der Waals surface area contributed by atoms with E-state index >= 15 is 0 Å². The number of methoxy groups -OCH3 is 1. The van der Waals surface area contributed by atoms with Gasteiger partial charge in [0.15, 0.2) is 0 Å². The standard InChI is InChI=1S/C10H12F3N3O/c1-6-7(14-5-15-8(6)17-2)16-9(3-4-9)10(11,12)13/h5H,3-4H2,1-2H3,(H,14,15,16). The third-order valence-electron chi connectivity index (χ3n) is 2.88. The fourth-order valence-corrected chi connectivity index (χ4v) is 1.60. The Hall–Kier alpha value is -1.53. The third kappa shape index (κ3) is 2.01. The molecule has 1 N–H and O–H groups in total. The summed E-state index contributed by atoms with van der Waals surface area (Å²) in [5, 5.41) is 2.46. The summed E-state index contributed by atoms with van der Waals surface area (Å²) in [7, 11) is 1.41. The Balaban J connectivity index is 2.26. The van der Waals surface area contributed by atoms with Crippen LogP contribution in [0, 0.1) is 6.92 Å². The topological polar surface area (TPSA) is 47.0 Å². The first-order chi connectivity index (χ1) is 7.89. The van der Waals surface area contributed by atoms with Crippen LogP contribution < -0.4 is 10.1 Å². The van der Waals surface area contributed by atoms with E-state index < -0.39 is 11.7 Å². The van der Waals surface area contributed by atoms with E-state index in [0.717, 1.165) is 0 Å². The molecule has 17 heavy (non-hydrogen) atoms. The molecule has 0 saturated heterocycles. The van der Waals surface area contributed by atoms with E-state index in [-0.39, 0.29) is 24.5 Å². The molecule has 1 fully saturated rings. The predicted molar refractivity (Wildman–Crippen MR) is 55.0 cm³/mol. The number of halogens is 3. The largest absolute Gasteiger partial charge is 0.481 e. The Morgan fingerprint density at radius 1 is 1.35 bits per heavy atom. The Labute approximate surface area is 96.2 Å². The highest BCUT2D eigenvalue weighted by Crippen LogP contribution is 2.51. The second-order valence-electron chi connectivity index (χ2n) is 4.06. The average molecular weight is 247 g/mol. The fourth-order valence-electron chi connectivity index (χ4n) is 1.60. The lowest BCUT2D eigenvalue weighted by atomic mass is 10.2. The van der Waals surface area contributed by atoms with Crippen molar-refractivity contribution in [2.75, 3.05) is 12.4 Å². The molecule has 94 valence electrons. The van der Waals surface area contributed by atoms with Gasteiger partial charge in [0.25, 0.3) is 0 Å². The number of hydrogen-bond donors (Lipinski definition) is 1. The van der Waals surface area contributed by atoms with Crippen LogP contribution in [0.15, 0.2) is 6.33 Å². The predicted octanol–water partition coefficient (Wildman–Crippen LogP) is 2.30. The quantitative estimate of drug-likeness (QED) is 0.890. The fraction of sp³-hybridized carbons (Fsp3) is 0.600. The molecule has 0 aromatic carbocycles. The van der Waals surface area contributed by atoms with Crippen molar-refractivity contribution in [3.8, 4) is 5.88 Å². The molecule has 0 radical (unpaired) electrons. The number of rotatable bonds is 3. The minimum Gasteiger partial charge on any atom is -0.481 e. The number of ether oxygens (including phenoxy) is 1. The lowest BCUT2D eigenvalue weighted by Crippen LogP contribution is -2.39. The van der Waals surface area contributed by atoms with Crippen LogP contribution in [0.1, 0.15) is 18.4 Å². The number of hydrogen-bond acceptors (Lipinski definition) is 4. The van der Waals surface area contributed by atoms with Crippen LogP contribution in [-0.4, -0.2) is 28.8 Å². The Morgan fingerprint density at radius 3 is 2.47 bits per heavy atom. The van der Waals surface area contributed by atoms with E-state index in [1.165, 1.54) is 13.4 Å². The summed E-state index contributed by atoms with van der Waals surface area (Å²) in [4.78, 5) is 7.64. The summed E-state index contributed by atoms with van der Waals surface area (Å²) in [5.41, 5.74) is -1.34. The van der Waals surface area contributed by atoms with Gasteiger partial charge < -0.3 is 10.1 Å². The molecule has 2 rings (SSSR count). The van der Waals surface area contributed by atoms with E-state index in [2.05, 4.69) is 15.3 Å². The number of aromatic nitrogens is 2. The normalized spacial score (nSPS) is 17.7. The van der Waals surface area contributed by atoms with Gasteiger partial charge in [-0.2, -0.15) is 13.2 Å². The maximum atomic E-state index is 12.8. The summed E-state index contributed by atoms with van der Waals surface area (Å²) in [6.07, 6.45) is -2.94. The molecular weight excluding hydrogens is 235 g/mol. The molecule has 7 heteroatoms. The molecule has 1 aromatic heterocycles. The van der Waals surface area contributed by atoms with E-state index in [1.54, 1.807) is 6.92 Å². The summed E-state index contributed by atoms with van der Waals surface area (Å²) in [6.45, 7) is 1.62. The van der Waals surface area contributed by atoms with E-state index in [9.17, 15) is 13.2 Å². The molecule has 1 aromatic rings. The van der Waals surface area contributed by atoms with E-state index in [0.29, 0.717) is 5.56 Å². The van der Waals surface area contributed by atoms with Crippen LogP contribution in [0.5, 0.6) is 5.88 Å². The van der Waals surface area contributed by atoms with Crippen molar-refractivity contribution in [2.45, 2.75) is 31.5 Å². The molecule has 0 atom stereocenters. The van der Waals surface area contributed by atoms with Crippen LogP contribution in [0.3, 0.4) is 0 Å². The number of nitrogens with zero attached hydrogens (tertiary/aromatic N) is 2. The average Bonchev–Trinajstić information content (AvgIpc) is 3.01. The lowest BCUT2D eigenvalue weighted by Gasteiger charge is -2.22. The molecule has 1 aliphatic carbocycles. The third-order valence-corrected chi connectivity index (χ3v) is 2.88. The van der Waals surface area contributed by atoms with Crippen molar-refractivity contribution in [3.63, 3.8) is 0 Å². The zero-order valence-electron chi connectivity index (χ0n) is 9.43. The van der Waals surface area contributed by atoms with Gasteiger partial charge >= 0.3 is 6.18 Å². The molecule has 1 saturated carbocycles. The summed E-state index contributed by atoms with van der Waals surface area (Å²) in [6, 6.07) is 0. The van der Waals surface area contributed by atoms with Crippen molar-refractivity contribution in [1.82, 2.24) is 9.97 Å². The second-order valence-corrected chi connectivity index (χ2v) is 4.06. The molecule has 4 nitrogen and oxygen atoms in total. The van der Waals surface area contributed by atoms with Gasteiger partial charge in [-0.1, -0.05) is 0 Å². The minimum absolute atomic E-state index is 0.0717. The van der Waals surface area contributed by atoms with Crippen molar-refractivity contribution in [3.05, 3.63) is 11.9 Å². The van der Waals surface area contributed by atoms with Crippen molar-refractivity contribution in [2.24, 2.45) is 0 Å². The van der Waals surface area contributed by atoms with Gasteiger partial charge in [-0.05, 0) is 19.8 Å². The number of anilines is 1. The zero-order valence-corrected chi connectivity index (χ0v) is 9.43. The lowest BCUT2D eigenvalue weighted by molar-refractivity contribution is -0.151. The van der Waals surface area contributed by atoms with Gasteiger partial charge in [-0.3, -0.25) is 0 Å². The molecule has 1 heterocycles. The SMILES string of the molecule is COc1ncnc(NC2(C(F)(F)F)CC2)c1C. The first-order valence-corrected chi connectivity index (χ1v) is 5.10. The highest BCUT2D eigenvalue weighted by atomic mass is 19.4. The second kappa shape index (κ2) is 3.75. The van der Waals surface area contributed by atoms with Gasteiger partial charge in [0.05, 0.1) is 12.7 Å². The van der Waals surface area contributed by atoms with E-state index in [4.69, 9.17) is 4.74 Å². The highest BCUT2D eigenvalue weighted by Gasteiger charge is 2.63. The Bertz CT molecular complexity index is 429. The van der Waals surface area contributed by atoms with E-state index in [1.807, 2.05) is 0 Å². The summed E-state index contributed by atoms with van der Waals surface area (Å²) >= 11 is 0. The number of nitrogens with one attached hydrogen (secondary N) is 1. The zero-order chi connectivity index (χ0) is 12.7. The number of alkyl halides is 3. The summed E-state index contributed by atoms with van der Waals surface area (Å²) < 4.78 is 43.2. The minimum atomic E-state index is -4.27. The molecule has 0 spiro atoms. The van der Waals surface area contributed by atoms with Gasteiger partial charge in [0.1, 0.15) is 17.7 Å². The molecular formula is C10H12F3N3O. The van der Waals surface area contributed by atoms with Gasteiger partial charge in [0, 0.05) is 0 Å². The van der Waals surface area contributed by atoms with Gasteiger partial charge in [-0.15, -0.1) is 0 Å². The van der Waals surface area contributed by atoms with Gasteiger partial charge in [-0.25, -0.2) is 9.97 Å². The Kier molecular flexibility index (Phi) is 2.63. The van der Waals surface area contributed by atoms with Crippen molar-refractivity contribution in [1.29, 1.82) is 0 Å². The molecule has 0 aliphatic heterocycles. The molecule has 0 bridgehead atoms. The van der Waals surface area contributed by atoms with Crippen molar-refractivity contribution < 1.29 is 17.9 Å².